The van der Waals surface area contributed by atoms with E-state index in [-0.39, 0.29) is 12.3 Å². The first kappa shape index (κ1) is 18.1. The number of carbonyl (C=O) groups excluding carboxylic acids is 1. The maximum Gasteiger partial charge on any atom is 0.227 e. The minimum atomic E-state index is -0.125. The first-order valence-corrected chi connectivity index (χ1v) is 9.20. The zero-order chi connectivity index (χ0) is 19.5. The van der Waals surface area contributed by atoms with E-state index < -0.39 is 0 Å². The molecule has 0 bridgehead atoms. The van der Waals surface area contributed by atoms with Crippen molar-refractivity contribution in [2.24, 2.45) is 0 Å². The van der Waals surface area contributed by atoms with Gasteiger partial charge < -0.3 is 9.84 Å². The average molecular weight is 393 g/mol. The van der Waals surface area contributed by atoms with Crippen LogP contribution in [0.4, 0.5) is 5.69 Å². The number of nitrogens with zero attached hydrogens (tertiary/aromatic N) is 3. The molecule has 0 spiro atoms. The third-order valence-electron chi connectivity index (χ3n) is 4.38. The van der Waals surface area contributed by atoms with Crippen LogP contribution in [-0.4, -0.2) is 21.0 Å². The molecular formula is C21H17ClN4O2. The minimum absolute atomic E-state index is 0.125. The van der Waals surface area contributed by atoms with Crippen LogP contribution in [0.15, 0.2) is 59.3 Å². The molecule has 0 unspecified atom stereocenters. The first-order valence-electron chi connectivity index (χ1n) is 8.83. The SMILES string of the molecule is Cc1ccc(NC(=O)CCc2nc(-c3ccc(Cl)cc3)no2)c2cccnc12. The van der Waals surface area contributed by atoms with Crippen LogP contribution in [0.25, 0.3) is 22.3 Å². The van der Waals surface area contributed by atoms with Gasteiger partial charge in [0.1, 0.15) is 0 Å². The van der Waals surface area contributed by atoms with Crippen LogP contribution in [-0.2, 0) is 11.2 Å². The van der Waals surface area contributed by atoms with Crippen molar-refractivity contribution >= 4 is 34.1 Å². The molecule has 0 atom stereocenters. The standard InChI is InChI=1S/C21H17ClN4O2/c1-13-4-9-17(16-3-2-12-23-20(13)16)24-18(27)10-11-19-25-21(26-28-19)14-5-7-15(22)8-6-14/h2-9,12H,10-11H2,1H3,(H,24,27). The van der Waals surface area contributed by atoms with Gasteiger partial charge in [-0.2, -0.15) is 4.98 Å². The fourth-order valence-electron chi connectivity index (χ4n) is 2.93. The number of amides is 1. The van der Waals surface area contributed by atoms with Crippen LogP contribution < -0.4 is 5.32 Å². The Labute approximate surface area is 166 Å². The molecule has 140 valence electrons. The van der Waals surface area contributed by atoms with Gasteiger partial charge in [0.2, 0.25) is 17.6 Å². The van der Waals surface area contributed by atoms with Crippen LogP contribution in [0.2, 0.25) is 5.02 Å². The number of benzene rings is 2. The molecule has 0 aliphatic carbocycles. The smallest absolute Gasteiger partial charge is 0.227 e. The number of carbonyl (C=O) groups is 1. The first-order chi connectivity index (χ1) is 13.6. The van der Waals surface area contributed by atoms with Gasteiger partial charge >= 0.3 is 0 Å². The molecule has 4 aromatic rings. The topological polar surface area (TPSA) is 80.9 Å². The number of aryl methyl sites for hydroxylation is 2. The summed E-state index contributed by atoms with van der Waals surface area (Å²) in [5.74, 6) is 0.762. The lowest BCUT2D eigenvalue weighted by Crippen LogP contribution is -2.13. The molecule has 0 aliphatic heterocycles. The summed E-state index contributed by atoms with van der Waals surface area (Å²) in [6.07, 6.45) is 2.33. The normalized spacial score (nSPS) is 10.9. The number of anilines is 1. The number of aromatic nitrogens is 3. The van der Waals surface area contributed by atoms with Crippen molar-refractivity contribution in [1.29, 1.82) is 0 Å². The molecule has 2 heterocycles. The van der Waals surface area contributed by atoms with E-state index in [1.807, 2.05) is 43.3 Å². The van der Waals surface area contributed by atoms with Crippen molar-refractivity contribution in [2.75, 3.05) is 5.32 Å². The van der Waals surface area contributed by atoms with Crippen LogP contribution in [0.3, 0.4) is 0 Å². The summed E-state index contributed by atoms with van der Waals surface area (Å²) in [5, 5.41) is 8.46. The van der Waals surface area contributed by atoms with Crippen molar-refractivity contribution in [3.05, 3.63) is 71.2 Å². The van der Waals surface area contributed by atoms with Crippen molar-refractivity contribution in [2.45, 2.75) is 19.8 Å². The van der Waals surface area contributed by atoms with Gasteiger partial charge in [-0.3, -0.25) is 9.78 Å². The maximum absolute atomic E-state index is 12.4. The molecule has 2 aromatic carbocycles. The summed E-state index contributed by atoms with van der Waals surface area (Å²) in [5.41, 5.74) is 3.49. The molecule has 6 nitrogen and oxygen atoms in total. The van der Waals surface area contributed by atoms with E-state index in [1.54, 1.807) is 18.3 Å². The van der Waals surface area contributed by atoms with E-state index in [1.165, 1.54) is 0 Å². The number of fused-ring (bicyclic) bond motifs is 1. The molecule has 28 heavy (non-hydrogen) atoms. The highest BCUT2D eigenvalue weighted by atomic mass is 35.5. The van der Waals surface area contributed by atoms with E-state index in [9.17, 15) is 4.79 Å². The van der Waals surface area contributed by atoms with Crippen LogP contribution >= 0.6 is 11.6 Å². The quantitative estimate of drug-likeness (QED) is 0.526. The second kappa shape index (κ2) is 7.78. The van der Waals surface area contributed by atoms with Gasteiger partial charge in [-0.1, -0.05) is 22.8 Å². The Morgan fingerprint density at radius 1 is 1.14 bits per heavy atom. The van der Waals surface area contributed by atoms with Gasteiger partial charge in [-0.05, 0) is 55.0 Å². The van der Waals surface area contributed by atoms with Crippen molar-refractivity contribution in [1.82, 2.24) is 15.1 Å². The molecule has 0 aliphatic rings. The summed E-state index contributed by atoms with van der Waals surface area (Å²) >= 11 is 5.89. The zero-order valence-electron chi connectivity index (χ0n) is 15.1. The Bertz CT molecular complexity index is 1140. The summed E-state index contributed by atoms with van der Waals surface area (Å²) in [6, 6.07) is 14.8. The van der Waals surface area contributed by atoms with Crippen LogP contribution in [0.1, 0.15) is 17.9 Å². The number of nitrogens with one attached hydrogen (secondary N) is 1. The highest BCUT2D eigenvalue weighted by Gasteiger charge is 2.12. The molecule has 0 radical (unpaired) electrons. The van der Waals surface area contributed by atoms with E-state index in [2.05, 4.69) is 20.4 Å². The molecule has 0 saturated heterocycles. The molecule has 0 saturated carbocycles. The Morgan fingerprint density at radius 3 is 2.79 bits per heavy atom. The van der Waals surface area contributed by atoms with Crippen LogP contribution in [0, 0.1) is 6.92 Å². The summed E-state index contributed by atoms with van der Waals surface area (Å²) in [4.78, 5) is 21.1. The average Bonchev–Trinajstić information content (AvgIpc) is 3.18. The van der Waals surface area contributed by atoms with E-state index in [0.717, 1.165) is 27.7 Å². The number of halogens is 1. The van der Waals surface area contributed by atoms with Gasteiger partial charge in [0.15, 0.2) is 0 Å². The lowest BCUT2D eigenvalue weighted by molar-refractivity contribution is -0.116. The molecule has 7 heteroatoms. The lowest BCUT2D eigenvalue weighted by Gasteiger charge is -2.09. The Kier molecular flexibility index (Phi) is 5.04. The maximum atomic E-state index is 12.4. The van der Waals surface area contributed by atoms with Crippen molar-refractivity contribution in [3.8, 4) is 11.4 Å². The van der Waals surface area contributed by atoms with Gasteiger partial charge in [0.05, 0.1) is 11.2 Å². The Hall–Kier alpha value is -3.25. The number of hydrogen-bond acceptors (Lipinski definition) is 5. The second-order valence-corrected chi connectivity index (χ2v) is 6.83. The fraction of sp³-hybridized carbons (Fsp3) is 0.143. The molecule has 4 rings (SSSR count). The third kappa shape index (κ3) is 3.87. The van der Waals surface area contributed by atoms with Crippen molar-refractivity contribution in [3.63, 3.8) is 0 Å². The molecular weight excluding hydrogens is 376 g/mol. The largest absolute Gasteiger partial charge is 0.339 e. The van der Waals surface area contributed by atoms with E-state index >= 15 is 0 Å². The highest BCUT2D eigenvalue weighted by molar-refractivity contribution is 6.30. The lowest BCUT2D eigenvalue weighted by atomic mass is 10.1. The third-order valence-corrected chi connectivity index (χ3v) is 4.63. The second-order valence-electron chi connectivity index (χ2n) is 6.40. The van der Waals surface area contributed by atoms with E-state index in [0.29, 0.717) is 23.2 Å². The Balaban J connectivity index is 1.42. The summed E-state index contributed by atoms with van der Waals surface area (Å²) in [6.45, 7) is 1.99. The number of rotatable bonds is 5. The van der Waals surface area contributed by atoms with Crippen LogP contribution in [0.5, 0.6) is 0 Å². The fourth-order valence-corrected chi connectivity index (χ4v) is 3.05. The molecule has 2 aromatic heterocycles. The predicted molar refractivity (Wildman–Crippen MR) is 108 cm³/mol. The predicted octanol–water partition coefficient (Wildman–Crippen LogP) is 4.82. The number of hydrogen-bond donors (Lipinski definition) is 1. The zero-order valence-corrected chi connectivity index (χ0v) is 15.9. The minimum Gasteiger partial charge on any atom is -0.339 e. The monoisotopic (exact) mass is 392 g/mol. The van der Waals surface area contributed by atoms with Gasteiger partial charge in [-0.25, -0.2) is 0 Å². The van der Waals surface area contributed by atoms with Gasteiger partial charge in [0.25, 0.3) is 0 Å². The summed E-state index contributed by atoms with van der Waals surface area (Å²) < 4.78 is 5.25. The van der Waals surface area contributed by atoms with Gasteiger partial charge in [0, 0.05) is 35.0 Å². The summed E-state index contributed by atoms with van der Waals surface area (Å²) in [7, 11) is 0. The number of pyridine rings is 1. The van der Waals surface area contributed by atoms with E-state index in [4.69, 9.17) is 16.1 Å². The highest BCUT2D eigenvalue weighted by Crippen LogP contribution is 2.25. The molecule has 1 N–H and O–H groups in total. The molecule has 1 amide bonds. The van der Waals surface area contributed by atoms with Gasteiger partial charge in [-0.15, -0.1) is 0 Å². The molecule has 0 fully saturated rings. The Morgan fingerprint density at radius 2 is 1.96 bits per heavy atom. The van der Waals surface area contributed by atoms with Crippen molar-refractivity contribution < 1.29 is 9.32 Å².